The molecule has 0 aliphatic heterocycles. The minimum Gasteiger partial charge on any atom is -0.481 e. The molecule has 0 spiro atoms. The van der Waals surface area contributed by atoms with Crippen LogP contribution in [-0.4, -0.2) is 56.9 Å². The highest BCUT2D eigenvalue weighted by molar-refractivity contribution is 5.99. The molecule has 304 valence electrons. The summed E-state index contributed by atoms with van der Waals surface area (Å²) in [6, 6.07) is 52.2. The van der Waals surface area contributed by atoms with Crippen LogP contribution in [-0.2, 0) is 45.1 Å². The maximum absolute atomic E-state index is 14.6. The monoisotopic (exact) mass is 802 g/mol. The third kappa shape index (κ3) is 10.3. The maximum Gasteiger partial charge on any atom is 0.308 e. The van der Waals surface area contributed by atoms with Gasteiger partial charge in [-0.25, -0.2) is 0 Å². The minimum atomic E-state index is -1.55. The molecule has 1 fully saturated rings. The molecule has 0 heterocycles. The SMILES string of the molecule is O=C(O)[C@H]1[C@H](C(=O)N(CCc2ccccc2)Cc2ccc(Oc3ccccc3)cc2)[C@H](C(=O)O)[C@H]1C(=O)N(CCc1ccccc1)Cc1ccc(Oc2ccccc2)cc1. The summed E-state index contributed by atoms with van der Waals surface area (Å²) in [5.41, 5.74) is 3.41. The molecule has 1 saturated carbocycles. The number of carboxylic acids is 2. The van der Waals surface area contributed by atoms with Gasteiger partial charge in [0.05, 0.1) is 23.7 Å². The van der Waals surface area contributed by atoms with E-state index in [4.69, 9.17) is 9.47 Å². The first-order chi connectivity index (χ1) is 29.2. The van der Waals surface area contributed by atoms with Crippen LogP contribution in [0, 0.1) is 23.7 Å². The molecular formula is C50H46N2O8. The van der Waals surface area contributed by atoms with E-state index in [2.05, 4.69) is 0 Å². The van der Waals surface area contributed by atoms with Crippen molar-refractivity contribution in [3.05, 3.63) is 192 Å². The number of aliphatic carboxylic acids is 2. The number of benzene rings is 6. The summed E-state index contributed by atoms with van der Waals surface area (Å²) in [7, 11) is 0. The number of rotatable bonds is 18. The molecule has 6 aromatic carbocycles. The van der Waals surface area contributed by atoms with Gasteiger partial charge in [0.1, 0.15) is 23.0 Å². The lowest BCUT2D eigenvalue weighted by atomic mass is 9.55. The van der Waals surface area contributed by atoms with Crippen molar-refractivity contribution in [2.24, 2.45) is 23.7 Å². The van der Waals surface area contributed by atoms with Crippen molar-refractivity contribution in [3.8, 4) is 23.0 Å². The Kier molecular flexibility index (Phi) is 13.3. The van der Waals surface area contributed by atoms with Gasteiger partial charge in [0.15, 0.2) is 0 Å². The first-order valence-electron chi connectivity index (χ1n) is 20.0. The zero-order valence-electron chi connectivity index (χ0n) is 33.0. The Morgan fingerprint density at radius 1 is 0.383 bits per heavy atom. The topological polar surface area (TPSA) is 134 Å². The van der Waals surface area contributed by atoms with Gasteiger partial charge in [-0.05, 0) is 83.6 Å². The van der Waals surface area contributed by atoms with E-state index in [1.54, 1.807) is 24.3 Å². The summed E-state index contributed by atoms with van der Waals surface area (Å²) in [4.78, 5) is 58.5. The van der Waals surface area contributed by atoms with Crippen LogP contribution in [0.25, 0.3) is 0 Å². The van der Waals surface area contributed by atoms with Gasteiger partial charge in [0, 0.05) is 26.2 Å². The number of para-hydroxylation sites is 2. The lowest BCUT2D eigenvalue weighted by Crippen LogP contribution is -2.64. The largest absolute Gasteiger partial charge is 0.481 e. The molecule has 60 heavy (non-hydrogen) atoms. The predicted octanol–water partition coefficient (Wildman–Crippen LogP) is 8.76. The highest BCUT2D eigenvalue weighted by Gasteiger charge is 2.64. The van der Waals surface area contributed by atoms with Crippen LogP contribution in [0.15, 0.2) is 170 Å². The first kappa shape index (κ1) is 41.0. The Morgan fingerprint density at radius 2 is 0.683 bits per heavy atom. The fourth-order valence-corrected chi connectivity index (χ4v) is 7.77. The van der Waals surface area contributed by atoms with E-state index in [0.717, 1.165) is 22.3 Å². The van der Waals surface area contributed by atoms with Gasteiger partial charge in [-0.3, -0.25) is 19.2 Å². The molecule has 6 aromatic rings. The molecule has 10 nitrogen and oxygen atoms in total. The lowest BCUT2D eigenvalue weighted by molar-refractivity contribution is -0.187. The zero-order chi connectivity index (χ0) is 41.8. The highest BCUT2D eigenvalue weighted by atomic mass is 16.5. The van der Waals surface area contributed by atoms with Crippen LogP contribution in [0.4, 0.5) is 0 Å². The number of amides is 2. The Morgan fingerprint density at radius 3 is 1.00 bits per heavy atom. The molecule has 7 rings (SSSR count). The predicted molar refractivity (Wildman–Crippen MR) is 226 cm³/mol. The third-order valence-electron chi connectivity index (χ3n) is 10.9. The number of hydrogen-bond acceptors (Lipinski definition) is 6. The zero-order valence-corrected chi connectivity index (χ0v) is 33.0. The first-order valence-corrected chi connectivity index (χ1v) is 20.0. The summed E-state index contributed by atoms with van der Waals surface area (Å²) in [6.45, 7) is 0.592. The second kappa shape index (κ2) is 19.5. The van der Waals surface area contributed by atoms with E-state index >= 15 is 0 Å². The van der Waals surface area contributed by atoms with Gasteiger partial charge in [0.2, 0.25) is 11.8 Å². The van der Waals surface area contributed by atoms with Crippen molar-refractivity contribution in [2.75, 3.05) is 13.1 Å². The normalized spacial score (nSPS) is 16.8. The van der Waals surface area contributed by atoms with Crippen molar-refractivity contribution in [3.63, 3.8) is 0 Å². The third-order valence-corrected chi connectivity index (χ3v) is 10.9. The second-order valence-corrected chi connectivity index (χ2v) is 14.9. The Bertz CT molecular complexity index is 2170. The number of carboxylic acid groups (broad SMARTS) is 2. The Balaban J connectivity index is 1.13. The highest BCUT2D eigenvalue weighted by Crippen LogP contribution is 2.49. The number of carbonyl (C=O) groups excluding carboxylic acids is 2. The summed E-state index contributed by atoms with van der Waals surface area (Å²) in [5, 5.41) is 21.3. The molecule has 0 unspecified atom stereocenters. The molecule has 0 atom stereocenters. The maximum atomic E-state index is 14.6. The van der Waals surface area contributed by atoms with Crippen LogP contribution < -0.4 is 9.47 Å². The quantitative estimate of drug-likeness (QED) is 0.0882. The summed E-state index contributed by atoms with van der Waals surface area (Å²) < 4.78 is 11.9. The van der Waals surface area contributed by atoms with E-state index in [0.29, 0.717) is 35.8 Å². The van der Waals surface area contributed by atoms with E-state index in [9.17, 15) is 29.4 Å². The molecule has 0 saturated heterocycles. The Hall–Kier alpha value is -7.20. The molecule has 1 aliphatic rings. The molecule has 10 heteroatoms. The summed E-state index contributed by atoms with van der Waals surface area (Å²) in [6.07, 6.45) is 0.906. The average molecular weight is 803 g/mol. The van der Waals surface area contributed by atoms with Gasteiger partial charge in [0.25, 0.3) is 0 Å². The number of hydrogen-bond donors (Lipinski definition) is 2. The minimum absolute atomic E-state index is 0.0955. The smallest absolute Gasteiger partial charge is 0.308 e. The van der Waals surface area contributed by atoms with E-state index in [1.807, 2.05) is 146 Å². The van der Waals surface area contributed by atoms with Gasteiger partial charge < -0.3 is 29.5 Å². The molecule has 0 radical (unpaired) electrons. The van der Waals surface area contributed by atoms with Crippen molar-refractivity contribution in [2.45, 2.75) is 25.9 Å². The second-order valence-electron chi connectivity index (χ2n) is 14.9. The van der Waals surface area contributed by atoms with Crippen LogP contribution in [0.5, 0.6) is 23.0 Å². The summed E-state index contributed by atoms with van der Waals surface area (Å²) >= 11 is 0. The number of nitrogens with zero attached hydrogens (tertiary/aromatic N) is 2. The fraction of sp³-hybridized carbons (Fsp3) is 0.200. The van der Waals surface area contributed by atoms with Crippen molar-refractivity contribution in [1.29, 1.82) is 0 Å². The molecule has 0 bridgehead atoms. The van der Waals surface area contributed by atoms with Crippen molar-refractivity contribution in [1.82, 2.24) is 9.80 Å². The number of carbonyl (C=O) groups is 4. The van der Waals surface area contributed by atoms with Gasteiger partial charge in [-0.1, -0.05) is 121 Å². The van der Waals surface area contributed by atoms with Gasteiger partial charge >= 0.3 is 11.9 Å². The standard InChI is InChI=1S/C50H46N2O8/c53-47(51(31-29-35-13-5-1-6-14-35)33-37-21-25-41(26-22-37)59-39-17-9-3-10-18-39)43-45(49(55)56)44(46(43)50(57)58)48(54)52(32-30-36-15-7-2-8-16-36)34-38-23-27-42(28-24-38)60-40-19-11-4-12-20-40/h1-28,43-46H,29-34H2,(H,55,56)(H,57,58)/t43-,44-,45-,46-. The van der Waals surface area contributed by atoms with E-state index < -0.39 is 47.4 Å². The van der Waals surface area contributed by atoms with Crippen molar-refractivity contribution < 1.29 is 38.9 Å². The Labute approximate surface area is 349 Å². The van der Waals surface area contributed by atoms with Crippen LogP contribution in [0.1, 0.15) is 22.3 Å². The fourth-order valence-electron chi connectivity index (χ4n) is 7.77. The van der Waals surface area contributed by atoms with Crippen LogP contribution in [0.3, 0.4) is 0 Å². The van der Waals surface area contributed by atoms with E-state index in [1.165, 1.54) is 9.80 Å². The van der Waals surface area contributed by atoms with Crippen LogP contribution >= 0.6 is 0 Å². The number of ether oxygens (including phenoxy) is 2. The van der Waals surface area contributed by atoms with Crippen LogP contribution in [0.2, 0.25) is 0 Å². The van der Waals surface area contributed by atoms with Gasteiger partial charge in [-0.2, -0.15) is 0 Å². The molecule has 2 amide bonds. The summed E-state index contributed by atoms with van der Waals surface area (Å²) in [5.74, 6) is -7.51. The van der Waals surface area contributed by atoms with Crippen molar-refractivity contribution >= 4 is 23.8 Å². The lowest BCUT2D eigenvalue weighted by Gasteiger charge is -2.48. The van der Waals surface area contributed by atoms with Gasteiger partial charge in [-0.15, -0.1) is 0 Å². The molecule has 1 aliphatic carbocycles. The van der Waals surface area contributed by atoms with E-state index in [-0.39, 0.29) is 26.2 Å². The average Bonchev–Trinajstić information content (AvgIpc) is 3.25. The molecular weight excluding hydrogens is 757 g/mol. The molecule has 2 N–H and O–H groups in total. The molecule has 0 aromatic heterocycles.